The summed E-state index contributed by atoms with van der Waals surface area (Å²) in [4.78, 5) is 17.5. The van der Waals surface area contributed by atoms with Crippen LogP contribution in [-0.4, -0.2) is 48.6 Å². The molecule has 24 heavy (non-hydrogen) atoms. The first-order valence-corrected chi connectivity index (χ1v) is 12.0. The Kier molecular flexibility index (Phi) is 5.77. The molecule has 0 spiro atoms. The van der Waals surface area contributed by atoms with Gasteiger partial charge in [0.2, 0.25) is 0 Å². The Hall–Kier alpha value is -0.923. The number of pyridine rings is 1. The molecule has 2 heterocycles. The Morgan fingerprint density at radius 1 is 1.38 bits per heavy atom. The Morgan fingerprint density at radius 2 is 2.04 bits per heavy atom. The molecular weight excluding hydrogens is 388 g/mol. The fraction of sp³-hybridized carbons (Fsp3) is 0.647. The smallest absolute Gasteiger partial charge is 0.407 e. The Labute approximate surface area is 153 Å². The maximum atomic E-state index is 11.5. The second kappa shape index (κ2) is 7.13. The first-order chi connectivity index (χ1) is 11.0. The number of hydrogen-bond donors (Lipinski definition) is 1. The van der Waals surface area contributed by atoms with Gasteiger partial charge in [-0.1, -0.05) is 20.8 Å². The number of likely N-dealkylation sites (tertiary alicyclic amines) is 1. The van der Waals surface area contributed by atoms with Crippen LogP contribution in [0.2, 0.25) is 18.1 Å². The number of carbonyl (C=O) groups is 1. The molecule has 1 aromatic heterocycles. The van der Waals surface area contributed by atoms with Gasteiger partial charge in [0.1, 0.15) is 0 Å². The highest BCUT2D eigenvalue weighted by Crippen LogP contribution is 2.39. The molecule has 2 unspecified atom stereocenters. The molecule has 0 radical (unpaired) electrons. The largest absolute Gasteiger partial charge is 0.465 e. The SMILES string of the molecule is CC(C)(C)[Si](C)(C)OC1CC(c2ccc(Br)cn2)CN(C(=O)O)C1. The average molecular weight is 415 g/mol. The monoisotopic (exact) mass is 414 g/mol. The van der Waals surface area contributed by atoms with Crippen molar-refractivity contribution in [3.8, 4) is 0 Å². The van der Waals surface area contributed by atoms with E-state index < -0.39 is 14.4 Å². The summed E-state index contributed by atoms with van der Waals surface area (Å²) in [5, 5.41) is 9.58. The van der Waals surface area contributed by atoms with E-state index in [2.05, 4.69) is 54.8 Å². The third-order valence-electron chi connectivity index (χ3n) is 5.12. The predicted molar refractivity (Wildman–Crippen MR) is 101 cm³/mol. The van der Waals surface area contributed by atoms with Crippen molar-refractivity contribution in [2.24, 2.45) is 0 Å². The summed E-state index contributed by atoms with van der Waals surface area (Å²) in [6.45, 7) is 11.9. The predicted octanol–water partition coefficient (Wildman–Crippen LogP) is 4.70. The van der Waals surface area contributed by atoms with Crippen molar-refractivity contribution in [2.75, 3.05) is 13.1 Å². The second-order valence-corrected chi connectivity index (χ2v) is 13.7. The van der Waals surface area contributed by atoms with Crippen LogP contribution in [0.1, 0.15) is 38.8 Å². The van der Waals surface area contributed by atoms with E-state index in [0.29, 0.717) is 13.1 Å². The number of piperidine rings is 1. The highest BCUT2D eigenvalue weighted by atomic mass is 79.9. The molecular formula is C17H27BrN2O3Si. The summed E-state index contributed by atoms with van der Waals surface area (Å²) in [7, 11) is -1.94. The van der Waals surface area contributed by atoms with E-state index in [-0.39, 0.29) is 17.1 Å². The minimum Gasteiger partial charge on any atom is -0.465 e. The number of carboxylic acid groups (broad SMARTS) is 1. The lowest BCUT2D eigenvalue weighted by molar-refractivity contribution is 0.0617. The summed E-state index contributed by atoms with van der Waals surface area (Å²) >= 11 is 3.39. The fourth-order valence-corrected chi connectivity index (χ4v) is 4.32. The molecule has 1 N–H and O–H groups in total. The van der Waals surface area contributed by atoms with E-state index in [1.807, 2.05) is 12.1 Å². The number of hydrogen-bond acceptors (Lipinski definition) is 3. The quantitative estimate of drug-likeness (QED) is 0.727. The standard InChI is InChI=1S/C17H27BrN2O3Si/c1-17(2,3)24(4,5)23-14-8-12(10-20(11-14)16(21)22)15-7-6-13(18)9-19-15/h6-7,9,12,14H,8,10-11H2,1-5H3,(H,21,22). The Bertz CT molecular complexity index is 586. The van der Waals surface area contributed by atoms with Crippen LogP contribution in [0, 0.1) is 0 Å². The van der Waals surface area contributed by atoms with Gasteiger partial charge in [-0.2, -0.15) is 0 Å². The van der Waals surface area contributed by atoms with E-state index in [1.165, 1.54) is 4.90 Å². The van der Waals surface area contributed by atoms with Crippen LogP contribution in [0.4, 0.5) is 4.79 Å². The third kappa shape index (κ3) is 4.58. The summed E-state index contributed by atoms with van der Waals surface area (Å²) in [6, 6.07) is 3.91. The molecule has 2 rings (SSSR count). The first-order valence-electron chi connectivity index (χ1n) is 8.27. The molecule has 7 heteroatoms. The van der Waals surface area contributed by atoms with Gasteiger partial charge in [-0.15, -0.1) is 0 Å². The van der Waals surface area contributed by atoms with Crippen LogP contribution in [0.15, 0.2) is 22.8 Å². The summed E-state index contributed by atoms with van der Waals surface area (Å²) < 4.78 is 7.42. The van der Waals surface area contributed by atoms with Crippen molar-refractivity contribution in [3.63, 3.8) is 0 Å². The number of rotatable bonds is 3. The molecule has 1 saturated heterocycles. The van der Waals surface area contributed by atoms with Crippen molar-refractivity contribution < 1.29 is 14.3 Å². The number of amides is 1. The molecule has 5 nitrogen and oxygen atoms in total. The van der Waals surface area contributed by atoms with E-state index >= 15 is 0 Å². The average Bonchev–Trinajstić information content (AvgIpc) is 2.46. The maximum Gasteiger partial charge on any atom is 0.407 e. The lowest BCUT2D eigenvalue weighted by Gasteiger charge is -2.43. The zero-order valence-electron chi connectivity index (χ0n) is 15.0. The van der Waals surface area contributed by atoms with Gasteiger partial charge in [-0.3, -0.25) is 4.98 Å². The molecule has 1 aliphatic heterocycles. The van der Waals surface area contributed by atoms with E-state index in [0.717, 1.165) is 16.6 Å². The molecule has 2 atom stereocenters. The summed E-state index contributed by atoms with van der Waals surface area (Å²) in [6.07, 6.45) is 1.61. The first kappa shape index (κ1) is 19.4. The molecule has 0 bridgehead atoms. The van der Waals surface area contributed by atoms with Crippen LogP contribution in [0.5, 0.6) is 0 Å². The van der Waals surface area contributed by atoms with E-state index in [4.69, 9.17) is 4.43 Å². The van der Waals surface area contributed by atoms with Gasteiger partial charge < -0.3 is 14.4 Å². The normalized spacial score (nSPS) is 22.5. The Balaban J connectivity index is 2.20. The molecule has 1 aliphatic rings. The van der Waals surface area contributed by atoms with Gasteiger partial charge >= 0.3 is 6.09 Å². The zero-order valence-corrected chi connectivity index (χ0v) is 17.6. The van der Waals surface area contributed by atoms with Gasteiger partial charge in [0.25, 0.3) is 0 Å². The van der Waals surface area contributed by atoms with Crippen LogP contribution >= 0.6 is 15.9 Å². The van der Waals surface area contributed by atoms with Crippen LogP contribution in [0.3, 0.4) is 0 Å². The minimum absolute atomic E-state index is 0.0673. The number of halogens is 1. The van der Waals surface area contributed by atoms with Gasteiger partial charge in [-0.25, -0.2) is 4.79 Å². The third-order valence-corrected chi connectivity index (χ3v) is 10.1. The van der Waals surface area contributed by atoms with Crippen molar-refractivity contribution in [2.45, 2.75) is 57.3 Å². The van der Waals surface area contributed by atoms with Crippen LogP contribution in [-0.2, 0) is 4.43 Å². The van der Waals surface area contributed by atoms with E-state index in [1.54, 1.807) is 6.20 Å². The zero-order chi connectivity index (χ0) is 18.1. The highest BCUT2D eigenvalue weighted by molar-refractivity contribution is 9.10. The number of nitrogens with zero attached hydrogens (tertiary/aromatic N) is 2. The Morgan fingerprint density at radius 3 is 2.54 bits per heavy atom. The fourth-order valence-electron chi connectivity index (χ4n) is 2.73. The number of aromatic nitrogens is 1. The molecule has 1 amide bonds. The minimum atomic E-state index is -1.94. The van der Waals surface area contributed by atoms with Gasteiger partial charge in [0.15, 0.2) is 8.32 Å². The molecule has 1 aromatic rings. The topological polar surface area (TPSA) is 62.7 Å². The lowest BCUT2D eigenvalue weighted by Crippen LogP contribution is -2.51. The van der Waals surface area contributed by atoms with Gasteiger partial charge in [0.05, 0.1) is 6.10 Å². The van der Waals surface area contributed by atoms with Crippen molar-refractivity contribution >= 4 is 30.3 Å². The summed E-state index contributed by atoms with van der Waals surface area (Å²) in [5.41, 5.74) is 0.924. The lowest BCUT2D eigenvalue weighted by atomic mass is 9.93. The van der Waals surface area contributed by atoms with Crippen LogP contribution in [0.25, 0.3) is 0 Å². The highest BCUT2D eigenvalue weighted by Gasteiger charge is 2.42. The van der Waals surface area contributed by atoms with Crippen molar-refractivity contribution in [3.05, 3.63) is 28.5 Å². The molecule has 0 aromatic carbocycles. The second-order valence-electron chi connectivity index (χ2n) is 8.02. The van der Waals surface area contributed by atoms with Crippen molar-refractivity contribution in [1.82, 2.24) is 9.88 Å². The molecule has 0 aliphatic carbocycles. The van der Waals surface area contributed by atoms with Crippen LogP contribution < -0.4 is 0 Å². The molecule has 134 valence electrons. The van der Waals surface area contributed by atoms with Crippen molar-refractivity contribution in [1.29, 1.82) is 0 Å². The van der Waals surface area contributed by atoms with Gasteiger partial charge in [0, 0.05) is 35.4 Å². The molecule has 1 fully saturated rings. The van der Waals surface area contributed by atoms with E-state index in [9.17, 15) is 9.90 Å². The molecule has 0 saturated carbocycles. The van der Waals surface area contributed by atoms with Gasteiger partial charge in [-0.05, 0) is 52.6 Å². The summed E-state index contributed by atoms with van der Waals surface area (Å²) in [5.74, 6) is 0.0673. The maximum absolute atomic E-state index is 11.5.